The lowest BCUT2D eigenvalue weighted by atomic mass is 9.85. The number of anilines is 1. The van der Waals surface area contributed by atoms with Crippen LogP contribution in [0.4, 0.5) is 5.69 Å². The quantitative estimate of drug-likeness (QED) is 0.855. The number of fused-ring (bicyclic) bond motifs is 2. The number of benzene rings is 1. The van der Waals surface area contributed by atoms with Crippen molar-refractivity contribution in [3.05, 3.63) is 29.3 Å². The van der Waals surface area contributed by atoms with Crippen LogP contribution in [0, 0.1) is 5.92 Å². The van der Waals surface area contributed by atoms with Gasteiger partial charge in [-0.3, -0.25) is 9.59 Å². The molecule has 4 rings (SSSR count). The molecule has 0 saturated carbocycles. The van der Waals surface area contributed by atoms with Crippen molar-refractivity contribution in [1.29, 1.82) is 0 Å². The number of nitrogens with one attached hydrogen (secondary N) is 1. The van der Waals surface area contributed by atoms with E-state index < -0.39 is 5.41 Å². The van der Waals surface area contributed by atoms with E-state index in [4.69, 9.17) is 0 Å². The van der Waals surface area contributed by atoms with Crippen molar-refractivity contribution in [1.82, 2.24) is 10.2 Å². The molecule has 0 spiro atoms. The molecule has 3 heterocycles. The number of likely N-dealkylation sites (tertiary alicyclic amines) is 1. The first-order valence-corrected chi connectivity index (χ1v) is 8.78. The first-order valence-electron chi connectivity index (χ1n) is 8.78. The van der Waals surface area contributed by atoms with Gasteiger partial charge in [0.15, 0.2) is 0 Å². The minimum absolute atomic E-state index is 0.0803. The largest absolute Gasteiger partial charge is 0.331 e. The monoisotopic (exact) mass is 327 g/mol. The minimum Gasteiger partial charge on any atom is -0.331 e. The van der Waals surface area contributed by atoms with E-state index in [1.807, 2.05) is 32.0 Å². The lowest BCUT2D eigenvalue weighted by Crippen LogP contribution is -2.42. The van der Waals surface area contributed by atoms with Crippen LogP contribution in [0.1, 0.15) is 43.1 Å². The Morgan fingerprint density at radius 2 is 2.04 bits per heavy atom. The first kappa shape index (κ1) is 15.6. The van der Waals surface area contributed by atoms with Gasteiger partial charge in [0.05, 0.1) is 5.41 Å². The Kier molecular flexibility index (Phi) is 3.29. The fourth-order valence-electron chi connectivity index (χ4n) is 4.77. The van der Waals surface area contributed by atoms with Crippen molar-refractivity contribution in [2.45, 2.75) is 44.7 Å². The van der Waals surface area contributed by atoms with Gasteiger partial charge in [-0.05, 0) is 56.9 Å². The van der Waals surface area contributed by atoms with E-state index in [0.29, 0.717) is 17.5 Å². The van der Waals surface area contributed by atoms with Crippen molar-refractivity contribution >= 4 is 17.5 Å². The fourth-order valence-corrected chi connectivity index (χ4v) is 4.77. The van der Waals surface area contributed by atoms with Gasteiger partial charge in [0.1, 0.15) is 0 Å². The highest BCUT2D eigenvalue weighted by Gasteiger charge is 2.46. The summed E-state index contributed by atoms with van der Waals surface area (Å²) in [5.41, 5.74) is 1.99. The Morgan fingerprint density at radius 1 is 1.29 bits per heavy atom. The highest BCUT2D eigenvalue weighted by atomic mass is 16.2. The van der Waals surface area contributed by atoms with Crippen LogP contribution in [0.2, 0.25) is 0 Å². The van der Waals surface area contributed by atoms with Gasteiger partial charge in [0.2, 0.25) is 5.91 Å². The molecule has 2 saturated heterocycles. The lowest BCUT2D eigenvalue weighted by Gasteiger charge is -2.28. The van der Waals surface area contributed by atoms with E-state index in [9.17, 15) is 9.59 Å². The molecule has 128 valence electrons. The smallest absolute Gasteiger partial charge is 0.254 e. The SMILES string of the molecule is C[C@@H]1C[C@H]2CNC[C@H]2N1C(=O)c1ccc2c(c1)C(C)(C)C(=O)N2C. The summed E-state index contributed by atoms with van der Waals surface area (Å²) in [7, 11) is 1.80. The summed E-state index contributed by atoms with van der Waals surface area (Å²) in [6.45, 7) is 7.90. The zero-order chi connectivity index (χ0) is 17.2. The van der Waals surface area contributed by atoms with E-state index in [1.54, 1.807) is 11.9 Å². The number of rotatable bonds is 1. The average molecular weight is 327 g/mol. The molecule has 0 bridgehead atoms. The summed E-state index contributed by atoms with van der Waals surface area (Å²) in [6.07, 6.45) is 1.07. The number of hydrogen-bond acceptors (Lipinski definition) is 3. The van der Waals surface area contributed by atoms with Gasteiger partial charge < -0.3 is 15.1 Å². The maximum atomic E-state index is 13.2. The topological polar surface area (TPSA) is 52.7 Å². The van der Waals surface area contributed by atoms with Crippen LogP contribution >= 0.6 is 0 Å². The molecule has 3 atom stereocenters. The van der Waals surface area contributed by atoms with Crippen molar-refractivity contribution in [2.24, 2.45) is 5.92 Å². The molecular formula is C19H25N3O2. The van der Waals surface area contributed by atoms with Crippen molar-refractivity contribution < 1.29 is 9.59 Å². The van der Waals surface area contributed by atoms with Crippen molar-refractivity contribution in [2.75, 3.05) is 25.0 Å². The third-order valence-corrected chi connectivity index (χ3v) is 6.13. The molecule has 2 fully saturated rings. The van der Waals surface area contributed by atoms with Gasteiger partial charge in [-0.1, -0.05) is 0 Å². The van der Waals surface area contributed by atoms with Gasteiger partial charge in [-0.2, -0.15) is 0 Å². The van der Waals surface area contributed by atoms with Crippen LogP contribution in [0.3, 0.4) is 0 Å². The summed E-state index contributed by atoms with van der Waals surface area (Å²) in [6, 6.07) is 6.30. The molecule has 5 heteroatoms. The van der Waals surface area contributed by atoms with Crippen LogP contribution in [0.15, 0.2) is 18.2 Å². The maximum absolute atomic E-state index is 13.2. The Balaban J connectivity index is 1.70. The van der Waals surface area contributed by atoms with Crippen LogP contribution < -0.4 is 10.2 Å². The number of carbonyl (C=O) groups excluding carboxylic acids is 2. The van der Waals surface area contributed by atoms with E-state index in [2.05, 4.69) is 17.1 Å². The van der Waals surface area contributed by atoms with Gasteiger partial charge in [0.25, 0.3) is 5.91 Å². The van der Waals surface area contributed by atoms with E-state index in [0.717, 1.165) is 30.8 Å². The molecule has 1 aromatic rings. The summed E-state index contributed by atoms with van der Waals surface area (Å²) < 4.78 is 0. The predicted octanol–water partition coefficient (Wildman–Crippen LogP) is 1.76. The van der Waals surface area contributed by atoms with Crippen LogP contribution in [-0.4, -0.2) is 48.9 Å². The molecular weight excluding hydrogens is 302 g/mol. The lowest BCUT2D eigenvalue weighted by molar-refractivity contribution is -0.121. The highest BCUT2D eigenvalue weighted by Crippen LogP contribution is 2.42. The average Bonchev–Trinajstić information content (AvgIpc) is 3.15. The molecule has 1 N–H and O–H groups in total. The number of likely N-dealkylation sites (N-methyl/N-ethyl adjacent to an activating group) is 1. The number of amides is 2. The zero-order valence-electron chi connectivity index (χ0n) is 14.8. The molecule has 3 aliphatic heterocycles. The number of hydrogen-bond donors (Lipinski definition) is 1. The maximum Gasteiger partial charge on any atom is 0.254 e. The molecule has 0 aromatic heterocycles. The standard InChI is InChI=1S/C19H25N3O2/c1-11-7-13-9-20-10-16(13)22(11)17(23)12-5-6-15-14(8-12)19(2,3)18(24)21(15)4/h5-6,8,11,13,16,20H,7,9-10H2,1-4H3/t11-,13+,16-/m1/s1. The fraction of sp³-hybridized carbons (Fsp3) is 0.579. The summed E-state index contributed by atoms with van der Waals surface area (Å²) in [5, 5.41) is 3.40. The number of carbonyl (C=O) groups is 2. The third kappa shape index (κ3) is 1.97. The van der Waals surface area contributed by atoms with Crippen LogP contribution in [0.5, 0.6) is 0 Å². The Morgan fingerprint density at radius 3 is 2.79 bits per heavy atom. The van der Waals surface area contributed by atoms with E-state index >= 15 is 0 Å². The van der Waals surface area contributed by atoms with Gasteiger partial charge in [0, 0.05) is 43.5 Å². The van der Waals surface area contributed by atoms with E-state index in [-0.39, 0.29) is 17.9 Å². The third-order valence-electron chi connectivity index (χ3n) is 6.13. The van der Waals surface area contributed by atoms with Crippen LogP contribution in [0.25, 0.3) is 0 Å². The molecule has 3 aliphatic rings. The zero-order valence-corrected chi connectivity index (χ0v) is 14.8. The minimum atomic E-state index is -0.575. The summed E-state index contributed by atoms with van der Waals surface area (Å²) in [5.74, 6) is 0.749. The van der Waals surface area contributed by atoms with Gasteiger partial charge >= 0.3 is 0 Å². The second kappa shape index (κ2) is 5.06. The second-order valence-corrected chi connectivity index (χ2v) is 8.00. The van der Waals surface area contributed by atoms with Gasteiger partial charge in [-0.15, -0.1) is 0 Å². The van der Waals surface area contributed by atoms with E-state index in [1.165, 1.54) is 0 Å². The van der Waals surface area contributed by atoms with Crippen LogP contribution in [-0.2, 0) is 10.2 Å². The molecule has 24 heavy (non-hydrogen) atoms. The molecule has 1 aromatic carbocycles. The van der Waals surface area contributed by atoms with Crippen molar-refractivity contribution in [3.63, 3.8) is 0 Å². The second-order valence-electron chi connectivity index (χ2n) is 8.00. The van der Waals surface area contributed by atoms with Crippen molar-refractivity contribution in [3.8, 4) is 0 Å². The molecule has 0 radical (unpaired) electrons. The Hall–Kier alpha value is -1.88. The van der Waals surface area contributed by atoms with Gasteiger partial charge in [-0.25, -0.2) is 0 Å². The molecule has 2 amide bonds. The molecule has 5 nitrogen and oxygen atoms in total. The first-order chi connectivity index (χ1) is 11.3. The molecule has 0 aliphatic carbocycles. The normalized spacial score (nSPS) is 30.7. The Labute approximate surface area is 143 Å². The predicted molar refractivity (Wildman–Crippen MR) is 93.3 cm³/mol. The molecule has 0 unspecified atom stereocenters. The summed E-state index contributed by atoms with van der Waals surface area (Å²) in [4.78, 5) is 29.4. The Bertz CT molecular complexity index is 727. The highest BCUT2D eigenvalue weighted by molar-refractivity contribution is 6.08. The summed E-state index contributed by atoms with van der Waals surface area (Å²) >= 11 is 0. The number of nitrogens with zero attached hydrogens (tertiary/aromatic N) is 2.